The smallest absolute Gasteiger partial charge is 0.0952 e. The van der Waals surface area contributed by atoms with Crippen LogP contribution >= 0.6 is 27.5 Å². The monoisotopic (exact) mass is 410 g/mol. The van der Waals surface area contributed by atoms with Crippen molar-refractivity contribution in [2.45, 2.75) is 6.04 Å². The quantitative estimate of drug-likeness (QED) is 0.540. The van der Waals surface area contributed by atoms with Gasteiger partial charge in [-0.05, 0) is 35.9 Å². The van der Waals surface area contributed by atoms with Gasteiger partial charge in [-0.25, -0.2) is 0 Å². The van der Waals surface area contributed by atoms with Gasteiger partial charge in [-0.1, -0.05) is 76.1 Å². The highest BCUT2D eigenvalue weighted by atomic mass is 79.9. The van der Waals surface area contributed by atoms with Crippen molar-refractivity contribution in [3.05, 3.63) is 100 Å². The lowest BCUT2D eigenvalue weighted by Gasteiger charge is -2.29. The highest BCUT2D eigenvalue weighted by molar-refractivity contribution is 9.10. The molecule has 3 aromatic rings. The van der Waals surface area contributed by atoms with Crippen molar-refractivity contribution in [1.82, 2.24) is 5.43 Å². The minimum Gasteiger partial charge on any atom is -0.305 e. The number of hydrogen-bond donors (Lipinski definition) is 1. The first-order valence-corrected chi connectivity index (χ1v) is 9.22. The Balaban J connectivity index is 1.77. The van der Waals surface area contributed by atoms with Crippen LogP contribution in [0.3, 0.4) is 0 Å². The molecule has 124 valence electrons. The van der Waals surface area contributed by atoms with Gasteiger partial charge < -0.3 is 5.43 Å². The van der Waals surface area contributed by atoms with Crippen molar-refractivity contribution in [3.8, 4) is 11.1 Å². The molecule has 0 amide bonds. The summed E-state index contributed by atoms with van der Waals surface area (Å²) in [7, 11) is 0. The number of halogens is 2. The maximum atomic E-state index is 6.45. The van der Waals surface area contributed by atoms with E-state index >= 15 is 0 Å². The van der Waals surface area contributed by atoms with Gasteiger partial charge in [0.1, 0.15) is 0 Å². The standard InChI is InChI=1S/C21H16BrClN2/c22-16-11-9-15(10-12-16)20-13-14-24-25(20)21-8-4-2-6-18(21)17-5-1-3-7-19(17)23/h1-14,20,24H. The molecule has 25 heavy (non-hydrogen) atoms. The molecule has 1 atom stereocenters. The highest BCUT2D eigenvalue weighted by Gasteiger charge is 2.24. The normalized spacial score (nSPS) is 16.1. The maximum absolute atomic E-state index is 6.45. The molecule has 0 bridgehead atoms. The summed E-state index contributed by atoms with van der Waals surface area (Å²) >= 11 is 9.95. The van der Waals surface area contributed by atoms with Crippen molar-refractivity contribution in [1.29, 1.82) is 0 Å². The first-order valence-electron chi connectivity index (χ1n) is 8.05. The van der Waals surface area contributed by atoms with E-state index in [9.17, 15) is 0 Å². The summed E-state index contributed by atoms with van der Waals surface area (Å²) < 4.78 is 1.08. The predicted octanol–water partition coefficient (Wildman–Crippen LogP) is 6.35. The fourth-order valence-electron chi connectivity index (χ4n) is 3.11. The Hall–Kier alpha value is -2.23. The third-order valence-electron chi connectivity index (χ3n) is 4.31. The second-order valence-electron chi connectivity index (χ2n) is 5.85. The minimum atomic E-state index is 0.122. The molecule has 4 heteroatoms. The van der Waals surface area contributed by atoms with Crippen LogP contribution in [0, 0.1) is 0 Å². The Bertz CT molecular complexity index is 921. The molecule has 4 rings (SSSR count). The van der Waals surface area contributed by atoms with Crippen molar-refractivity contribution >= 4 is 33.2 Å². The average molecular weight is 412 g/mol. The number of nitrogens with zero attached hydrogens (tertiary/aromatic N) is 1. The molecule has 0 saturated heterocycles. The van der Waals surface area contributed by atoms with Gasteiger partial charge in [0.2, 0.25) is 0 Å². The number of rotatable bonds is 3. The van der Waals surface area contributed by atoms with Crippen molar-refractivity contribution in [3.63, 3.8) is 0 Å². The van der Waals surface area contributed by atoms with Crippen LogP contribution in [0.2, 0.25) is 5.02 Å². The second-order valence-corrected chi connectivity index (χ2v) is 7.17. The molecule has 1 heterocycles. The Morgan fingerprint density at radius 1 is 0.840 bits per heavy atom. The summed E-state index contributed by atoms with van der Waals surface area (Å²) in [6.07, 6.45) is 4.14. The van der Waals surface area contributed by atoms with Crippen LogP contribution in [0.5, 0.6) is 0 Å². The topological polar surface area (TPSA) is 15.3 Å². The second kappa shape index (κ2) is 6.95. The van der Waals surface area contributed by atoms with Gasteiger partial charge in [-0.15, -0.1) is 0 Å². The molecule has 0 fully saturated rings. The van der Waals surface area contributed by atoms with E-state index < -0.39 is 0 Å². The van der Waals surface area contributed by atoms with Crippen molar-refractivity contribution in [2.75, 3.05) is 5.01 Å². The summed E-state index contributed by atoms with van der Waals surface area (Å²) in [5.41, 5.74) is 7.81. The van der Waals surface area contributed by atoms with Crippen LogP contribution in [0.25, 0.3) is 11.1 Å². The molecule has 0 aromatic heterocycles. The molecule has 0 aliphatic carbocycles. The van der Waals surface area contributed by atoms with Crippen LogP contribution in [0.4, 0.5) is 5.69 Å². The number of para-hydroxylation sites is 1. The zero-order chi connectivity index (χ0) is 17.2. The van der Waals surface area contributed by atoms with Gasteiger partial charge in [-0.2, -0.15) is 0 Å². The maximum Gasteiger partial charge on any atom is 0.0952 e. The number of anilines is 1. The molecule has 0 radical (unpaired) electrons. The molecule has 0 spiro atoms. The number of hydrogen-bond acceptors (Lipinski definition) is 2. The Labute approximate surface area is 160 Å². The van der Waals surface area contributed by atoms with Gasteiger partial charge in [0.05, 0.1) is 11.7 Å². The summed E-state index contributed by atoms with van der Waals surface area (Å²) in [6.45, 7) is 0. The van der Waals surface area contributed by atoms with Gasteiger partial charge in [0, 0.05) is 26.8 Å². The van der Waals surface area contributed by atoms with Gasteiger partial charge in [0.15, 0.2) is 0 Å². The molecule has 1 aliphatic heterocycles. The van der Waals surface area contributed by atoms with E-state index in [-0.39, 0.29) is 6.04 Å². The number of benzene rings is 3. The molecule has 1 N–H and O–H groups in total. The van der Waals surface area contributed by atoms with Crippen LogP contribution in [0.15, 0.2) is 89.5 Å². The zero-order valence-electron chi connectivity index (χ0n) is 13.4. The van der Waals surface area contributed by atoms with Gasteiger partial charge >= 0.3 is 0 Å². The Kier molecular flexibility index (Phi) is 4.51. The molecular formula is C21H16BrClN2. The van der Waals surface area contributed by atoms with Crippen LogP contribution in [-0.2, 0) is 0 Å². The lowest BCUT2D eigenvalue weighted by atomic mass is 10.0. The van der Waals surface area contributed by atoms with Gasteiger partial charge in [-0.3, -0.25) is 5.01 Å². The largest absolute Gasteiger partial charge is 0.305 e. The van der Waals surface area contributed by atoms with Crippen LogP contribution in [0.1, 0.15) is 11.6 Å². The molecule has 1 unspecified atom stereocenters. The third-order valence-corrected chi connectivity index (χ3v) is 5.17. The summed E-state index contributed by atoms with van der Waals surface area (Å²) in [5.74, 6) is 0. The van der Waals surface area contributed by atoms with E-state index in [1.54, 1.807) is 0 Å². The van der Waals surface area contributed by atoms with Gasteiger partial charge in [0.25, 0.3) is 0 Å². The van der Waals surface area contributed by atoms with Crippen molar-refractivity contribution < 1.29 is 0 Å². The first kappa shape index (κ1) is 16.2. The van der Waals surface area contributed by atoms with E-state index in [0.29, 0.717) is 0 Å². The molecular weight excluding hydrogens is 396 g/mol. The van der Waals surface area contributed by atoms with E-state index in [0.717, 1.165) is 26.3 Å². The van der Waals surface area contributed by atoms with Crippen molar-refractivity contribution in [2.24, 2.45) is 0 Å². The minimum absolute atomic E-state index is 0.122. The first-order chi connectivity index (χ1) is 12.2. The Morgan fingerprint density at radius 3 is 2.28 bits per heavy atom. The number of hydrazine groups is 1. The van der Waals surface area contributed by atoms with Crippen LogP contribution < -0.4 is 10.4 Å². The summed E-state index contributed by atoms with van der Waals surface area (Å²) in [6, 6.07) is 24.8. The molecule has 2 nitrogen and oxygen atoms in total. The predicted molar refractivity (Wildman–Crippen MR) is 109 cm³/mol. The summed E-state index contributed by atoms with van der Waals surface area (Å²) in [5, 5.41) is 2.92. The lowest BCUT2D eigenvalue weighted by Crippen LogP contribution is -2.32. The van der Waals surface area contributed by atoms with E-state index in [1.165, 1.54) is 5.56 Å². The van der Waals surface area contributed by atoms with E-state index in [4.69, 9.17) is 11.6 Å². The lowest BCUT2D eigenvalue weighted by molar-refractivity contribution is 0.719. The fourth-order valence-corrected chi connectivity index (χ4v) is 3.61. The van der Waals surface area contributed by atoms with E-state index in [1.807, 2.05) is 36.5 Å². The number of nitrogens with one attached hydrogen (secondary N) is 1. The molecule has 3 aromatic carbocycles. The zero-order valence-corrected chi connectivity index (χ0v) is 15.7. The molecule has 0 saturated carbocycles. The SMILES string of the molecule is Clc1ccccc1-c1ccccc1N1NC=CC1c1ccc(Br)cc1. The Morgan fingerprint density at radius 2 is 1.52 bits per heavy atom. The fraction of sp³-hybridized carbons (Fsp3) is 0.0476. The third kappa shape index (κ3) is 3.17. The average Bonchev–Trinajstić information content (AvgIpc) is 3.12. The highest BCUT2D eigenvalue weighted by Crippen LogP contribution is 2.39. The van der Waals surface area contributed by atoms with E-state index in [2.05, 4.69) is 74.9 Å². The summed E-state index contributed by atoms with van der Waals surface area (Å²) in [4.78, 5) is 0. The molecule has 1 aliphatic rings. The van der Waals surface area contributed by atoms with Crippen LogP contribution in [-0.4, -0.2) is 0 Å².